The van der Waals surface area contributed by atoms with Gasteiger partial charge in [-0.2, -0.15) is 0 Å². The van der Waals surface area contributed by atoms with Crippen LogP contribution < -0.4 is 25.3 Å². The number of rotatable bonds is 18. The molecule has 0 radical (unpaired) electrons. The molecule has 2 aromatic rings. The molecule has 0 aromatic heterocycles. The van der Waals surface area contributed by atoms with Crippen molar-refractivity contribution in [1.82, 2.24) is 5.32 Å². The topological polar surface area (TPSA) is 112 Å². The minimum Gasteiger partial charge on any atom is -0.493 e. The van der Waals surface area contributed by atoms with E-state index in [0.717, 1.165) is 41.9 Å². The molecule has 42 heavy (non-hydrogen) atoms. The van der Waals surface area contributed by atoms with Crippen LogP contribution in [0.15, 0.2) is 36.4 Å². The van der Waals surface area contributed by atoms with Crippen molar-refractivity contribution in [1.29, 1.82) is 0 Å². The van der Waals surface area contributed by atoms with Gasteiger partial charge in [0.1, 0.15) is 5.75 Å². The van der Waals surface area contributed by atoms with E-state index < -0.39 is 12.1 Å². The molecule has 0 aliphatic carbocycles. The van der Waals surface area contributed by atoms with Crippen LogP contribution in [-0.2, 0) is 28.9 Å². The first kappa shape index (κ1) is 33.7. The Kier molecular flexibility index (Phi) is 13.4. The Morgan fingerprint density at radius 2 is 1.76 bits per heavy atom. The van der Waals surface area contributed by atoms with Gasteiger partial charge in [0.05, 0.1) is 26.4 Å². The molecule has 4 atom stereocenters. The van der Waals surface area contributed by atoms with E-state index >= 15 is 0 Å². The van der Waals surface area contributed by atoms with E-state index in [0.29, 0.717) is 50.9 Å². The summed E-state index contributed by atoms with van der Waals surface area (Å²) in [5, 5.41) is 14.2. The van der Waals surface area contributed by atoms with Crippen LogP contribution in [-0.4, -0.2) is 57.2 Å². The van der Waals surface area contributed by atoms with Gasteiger partial charge in [-0.25, -0.2) is 0 Å². The molecule has 1 amide bonds. The fourth-order valence-electron chi connectivity index (χ4n) is 5.53. The Morgan fingerprint density at radius 1 is 1.00 bits per heavy atom. The summed E-state index contributed by atoms with van der Waals surface area (Å²) in [6.45, 7) is 10.8. The number of aliphatic hydroxyl groups excluding tert-OH is 1. The first-order valence-electron chi connectivity index (χ1n) is 15.4. The Morgan fingerprint density at radius 3 is 2.45 bits per heavy atom. The van der Waals surface area contributed by atoms with Gasteiger partial charge in [0, 0.05) is 45.1 Å². The quantitative estimate of drug-likeness (QED) is 0.213. The largest absolute Gasteiger partial charge is 0.493 e. The highest BCUT2D eigenvalue weighted by molar-refractivity contribution is 5.79. The lowest BCUT2D eigenvalue weighted by molar-refractivity contribution is -0.127. The summed E-state index contributed by atoms with van der Waals surface area (Å²) >= 11 is 0. The number of nitrogens with one attached hydrogen (secondary N) is 1. The molecule has 3 rings (SSSR count). The van der Waals surface area contributed by atoms with Gasteiger partial charge in [0.2, 0.25) is 5.91 Å². The van der Waals surface area contributed by atoms with E-state index in [4.69, 9.17) is 24.7 Å². The van der Waals surface area contributed by atoms with Gasteiger partial charge in [-0.05, 0) is 71.9 Å². The van der Waals surface area contributed by atoms with Gasteiger partial charge in [-0.1, -0.05) is 45.9 Å². The van der Waals surface area contributed by atoms with Crippen molar-refractivity contribution in [3.8, 4) is 17.2 Å². The second-order valence-corrected chi connectivity index (χ2v) is 12.2. The molecule has 2 aromatic carbocycles. The highest BCUT2D eigenvalue weighted by atomic mass is 16.5. The zero-order valence-electron chi connectivity index (χ0n) is 26.4. The first-order valence-corrected chi connectivity index (χ1v) is 15.4. The van der Waals surface area contributed by atoms with Gasteiger partial charge >= 0.3 is 0 Å². The maximum absolute atomic E-state index is 13.2. The third-order valence-corrected chi connectivity index (χ3v) is 8.35. The van der Waals surface area contributed by atoms with Crippen molar-refractivity contribution in [2.75, 3.05) is 34.0 Å². The van der Waals surface area contributed by atoms with Crippen LogP contribution in [0.5, 0.6) is 17.2 Å². The standard InChI is InChI=1S/C34H52N2O6/c1-22(2)27(16-24-8-11-32(40-6)33(18-24)41-14-7-13-39-5)19-29(35)30(37)20-28(23(3)4)34(38)36-21-25-9-10-31-26(17-25)12-15-42-31/h8-11,17-18,22-23,27-30,37H,7,12-16,19-21,35H2,1-6H3,(H,36,38)/t27-,28-,29-,30-/m0/s1. The van der Waals surface area contributed by atoms with E-state index in [2.05, 4.69) is 31.3 Å². The maximum Gasteiger partial charge on any atom is 0.223 e. The van der Waals surface area contributed by atoms with E-state index in [9.17, 15) is 9.90 Å². The molecule has 0 unspecified atom stereocenters. The lowest BCUT2D eigenvalue weighted by Gasteiger charge is -2.30. The minimum atomic E-state index is -0.780. The molecule has 234 valence electrons. The van der Waals surface area contributed by atoms with E-state index in [1.54, 1.807) is 14.2 Å². The lowest BCUT2D eigenvalue weighted by Crippen LogP contribution is -2.42. The summed E-state index contributed by atoms with van der Waals surface area (Å²) in [5.74, 6) is 2.65. The van der Waals surface area contributed by atoms with Crippen LogP contribution in [0, 0.1) is 23.7 Å². The molecule has 1 aliphatic rings. The molecule has 1 aliphatic heterocycles. The van der Waals surface area contributed by atoms with E-state index in [1.165, 1.54) is 5.56 Å². The second kappa shape index (κ2) is 16.7. The number of fused-ring (bicyclic) bond motifs is 1. The molecule has 0 bridgehead atoms. The van der Waals surface area contributed by atoms with Crippen molar-refractivity contribution in [2.45, 2.75) is 78.5 Å². The molecule has 4 N–H and O–H groups in total. The van der Waals surface area contributed by atoms with Gasteiger partial charge in [0.15, 0.2) is 11.5 Å². The third-order valence-electron chi connectivity index (χ3n) is 8.35. The van der Waals surface area contributed by atoms with Crippen LogP contribution in [0.3, 0.4) is 0 Å². The first-order chi connectivity index (χ1) is 20.1. The number of methoxy groups -OCH3 is 2. The van der Waals surface area contributed by atoms with Gasteiger partial charge in [-0.15, -0.1) is 0 Å². The zero-order valence-corrected chi connectivity index (χ0v) is 26.4. The zero-order chi connectivity index (χ0) is 30.6. The molecular formula is C34H52N2O6. The number of amides is 1. The molecule has 0 saturated heterocycles. The van der Waals surface area contributed by atoms with Crippen LogP contribution >= 0.6 is 0 Å². The Labute approximate surface area is 252 Å². The van der Waals surface area contributed by atoms with E-state index in [1.807, 2.05) is 38.1 Å². The SMILES string of the molecule is COCCCOc1cc(C[C@@H](C[C@H](N)[C@@H](O)C[C@H](C(=O)NCc2ccc3c(c2)CCO3)C(C)C)C(C)C)ccc1OC. The maximum atomic E-state index is 13.2. The number of ether oxygens (including phenoxy) is 4. The predicted octanol–water partition coefficient (Wildman–Crippen LogP) is 4.92. The summed E-state index contributed by atoms with van der Waals surface area (Å²) in [4.78, 5) is 13.2. The molecule has 8 nitrogen and oxygen atoms in total. The Bertz CT molecular complexity index is 1120. The highest BCUT2D eigenvalue weighted by Crippen LogP contribution is 2.32. The van der Waals surface area contributed by atoms with E-state index in [-0.39, 0.29) is 23.7 Å². The monoisotopic (exact) mass is 584 g/mol. The molecule has 0 fully saturated rings. The fraction of sp³-hybridized carbons (Fsp3) is 0.618. The summed E-state index contributed by atoms with van der Waals surface area (Å²) in [6.07, 6.45) is 2.70. The number of hydrogen-bond donors (Lipinski definition) is 3. The van der Waals surface area contributed by atoms with Crippen molar-refractivity contribution in [3.05, 3.63) is 53.1 Å². The van der Waals surface area contributed by atoms with Gasteiger partial charge in [0.25, 0.3) is 0 Å². The number of nitrogens with two attached hydrogens (primary N) is 1. The van der Waals surface area contributed by atoms with Gasteiger partial charge < -0.3 is 35.1 Å². The second-order valence-electron chi connectivity index (χ2n) is 12.2. The summed E-state index contributed by atoms with van der Waals surface area (Å²) in [6, 6.07) is 11.7. The Hall–Kier alpha value is -2.81. The van der Waals surface area contributed by atoms with Crippen molar-refractivity contribution in [3.63, 3.8) is 0 Å². The molecule has 0 saturated carbocycles. The van der Waals surface area contributed by atoms with Crippen LogP contribution in [0.4, 0.5) is 0 Å². The van der Waals surface area contributed by atoms with Crippen molar-refractivity contribution in [2.24, 2.45) is 29.4 Å². The smallest absolute Gasteiger partial charge is 0.223 e. The normalized spacial score (nSPS) is 15.6. The third kappa shape index (κ3) is 9.89. The van der Waals surface area contributed by atoms with Crippen LogP contribution in [0.25, 0.3) is 0 Å². The number of carbonyl (C=O) groups is 1. The molecule has 1 heterocycles. The summed E-state index contributed by atoms with van der Waals surface area (Å²) in [7, 11) is 3.32. The highest BCUT2D eigenvalue weighted by Gasteiger charge is 2.30. The summed E-state index contributed by atoms with van der Waals surface area (Å²) < 4.78 is 22.2. The van der Waals surface area contributed by atoms with Crippen molar-refractivity contribution < 1.29 is 28.8 Å². The minimum absolute atomic E-state index is 0.0512. The number of carbonyl (C=O) groups excluding carboxylic acids is 1. The lowest BCUT2D eigenvalue weighted by atomic mass is 9.81. The number of aliphatic hydroxyl groups is 1. The number of benzene rings is 2. The van der Waals surface area contributed by atoms with Gasteiger partial charge in [-0.3, -0.25) is 4.79 Å². The number of hydrogen-bond acceptors (Lipinski definition) is 7. The Balaban J connectivity index is 1.57. The average Bonchev–Trinajstić information content (AvgIpc) is 3.44. The van der Waals surface area contributed by atoms with Crippen LogP contribution in [0.2, 0.25) is 0 Å². The molecular weight excluding hydrogens is 532 g/mol. The predicted molar refractivity (Wildman–Crippen MR) is 166 cm³/mol. The molecule has 0 spiro atoms. The fourth-order valence-corrected chi connectivity index (χ4v) is 5.53. The average molecular weight is 585 g/mol. The van der Waals surface area contributed by atoms with Crippen molar-refractivity contribution >= 4 is 5.91 Å². The summed E-state index contributed by atoms with van der Waals surface area (Å²) in [5.41, 5.74) is 9.96. The molecule has 8 heteroatoms. The van der Waals surface area contributed by atoms with Crippen LogP contribution in [0.1, 0.15) is 63.6 Å².